The summed E-state index contributed by atoms with van der Waals surface area (Å²) in [6.07, 6.45) is 0.744. The Morgan fingerprint density at radius 1 is 1.30 bits per heavy atom. The largest absolute Gasteiger partial charge is 0.496 e. The zero-order valence-corrected chi connectivity index (χ0v) is 17.2. The average molecular weight is 431 g/mol. The smallest absolute Gasteiger partial charge is 0.251 e. The molecule has 0 aliphatic heterocycles. The van der Waals surface area contributed by atoms with E-state index >= 15 is 0 Å². The third kappa shape index (κ3) is 3.84. The van der Waals surface area contributed by atoms with Crippen molar-refractivity contribution in [3.63, 3.8) is 0 Å². The maximum atomic E-state index is 12.3. The van der Waals surface area contributed by atoms with Crippen molar-refractivity contribution in [1.29, 1.82) is 0 Å². The number of amides is 1. The topological polar surface area (TPSA) is 93.0 Å². The number of carbonyl (C=O) groups is 1. The lowest BCUT2D eigenvalue weighted by molar-refractivity contribution is 0.0953. The minimum absolute atomic E-state index is 0.145. The number of carbonyl (C=O) groups excluding carboxylic acids is 1. The first-order valence-corrected chi connectivity index (χ1v) is 9.57. The van der Waals surface area contributed by atoms with Crippen molar-refractivity contribution in [1.82, 2.24) is 15.3 Å². The molecule has 0 aliphatic carbocycles. The molecule has 3 rings (SSSR count). The van der Waals surface area contributed by atoms with Crippen LogP contribution in [0.3, 0.4) is 0 Å². The molecular formula is C20H23BrN4O2. The minimum Gasteiger partial charge on any atom is -0.496 e. The molecule has 0 aliphatic rings. The van der Waals surface area contributed by atoms with Crippen LogP contribution in [0.1, 0.15) is 27.9 Å². The molecule has 0 spiro atoms. The molecule has 0 fully saturated rings. The number of aromatic nitrogens is 2. The summed E-state index contributed by atoms with van der Waals surface area (Å²) < 4.78 is 6.55. The van der Waals surface area contributed by atoms with Crippen molar-refractivity contribution < 1.29 is 9.53 Å². The van der Waals surface area contributed by atoms with Crippen LogP contribution in [-0.2, 0) is 0 Å². The first kappa shape index (κ1) is 19.4. The van der Waals surface area contributed by atoms with Gasteiger partial charge in [0, 0.05) is 16.6 Å². The van der Waals surface area contributed by atoms with Crippen LogP contribution in [0.5, 0.6) is 5.75 Å². The molecule has 3 aromatic rings. The summed E-state index contributed by atoms with van der Waals surface area (Å²) in [5.74, 6) is 1.15. The van der Waals surface area contributed by atoms with Crippen LogP contribution in [0.15, 0.2) is 28.7 Å². The number of aromatic amines is 1. The van der Waals surface area contributed by atoms with E-state index < -0.39 is 0 Å². The fourth-order valence-corrected chi connectivity index (χ4v) is 3.45. The van der Waals surface area contributed by atoms with Gasteiger partial charge in [-0.3, -0.25) is 4.79 Å². The number of benzene rings is 2. The molecule has 142 valence electrons. The molecule has 7 heteroatoms. The number of imidazole rings is 1. The van der Waals surface area contributed by atoms with Gasteiger partial charge in [-0.1, -0.05) is 15.9 Å². The first-order chi connectivity index (χ1) is 13.0. The van der Waals surface area contributed by atoms with E-state index in [4.69, 9.17) is 15.5 Å². The fourth-order valence-electron chi connectivity index (χ4n) is 2.93. The molecule has 0 atom stereocenters. The van der Waals surface area contributed by atoms with Crippen LogP contribution >= 0.6 is 15.9 Å². The lowest BCUT2D eigenvalue weighted by atomic mass is 10.1. The van der Waals surface area contributed by atoms with Crippen molar-refractivity contribution in [2.75, 3.05) is 20.2 Å². The number of ether oxygens (including phenoxy) is 1. The molecule has 0 saturated heterocycles. The number of hydrogen-bond donors (Lipinski definition) is 3. The zero-order chi connectivity index (χ0) is 19.6. The van der Waals surface area contributed by atoms with Gasteiger partial charge in [-0.25, -0.2) is 4.98 Å². The third-order valence-electron chi connectivity index (χ3n) is 4.68. The van der Waals surface area contributed by atoms with Gasteiger partial charge in [0.2, 0.25) is 0 Å². The summed E-state index contributed by atoms with van der Waals surface area (Å²) in [6.45, 7) is 5.23. The number of nitrogens with one attached hydrogen (secondary N) is 2. The van der Waals surface area contributed by atoms with Crippen LogP contribution in [-0.4, -0.2) is 36.1 Å². The van der Waals surface area contributed by atoms with Gasteiger partial charge < -0.3 is 20.8 Å². The van der Waals surface area contributed by atoms with E-state index in [1.54, 1.807) is 19.2 Å². The lowest BCUT2D eigenvalue weighted by Crippen LogP contribution is -2.25. The van der Waals surface area contributed by atoms with E-state index in [0.717, 1.165) is 33.1 Å². The second-order valence-electron chi connectivity index (χ2n) is 6.40. The summed E-state index contributed by atoms with van der Waals surface area (Å²) in [5.41, 5.74) is 11.0. The molecule has 27 heavy (non-hydrogen) atoms. The highest BCUT2D eigenvalue weighted by atomic mass is 79.9. The standard InChI is InChI=1S/C20H23BrN4O2/c1-11-12(2)18-16(10-15(11)21)24-19(25-18)14-6-5-13(9-17(14)27-3)20(26)23-8-4-7-22/h5-6,9-10H,4,7-8,22H2,1-3H3,(H,23,26)(H,24,25). The molecule has 4 N–H and O–H groups in total. The second-order valence-corrected chi connectivity index (χ2v) is 7.26. The minimum atomic E-state index is -0.145. The Morgan fingerprint density at radius 2 is 2.07 bits per heavy atom. The molecule has 1 heterocycles. The van der Waals surface area contributed by atoms with Gasteiger partial charge in [-0.05, 0) is 62.2 Å². The van der Waals surface area contributed by atoms with Crippen molar-refractivity contribution in [3.8, 4) is 17.1 Å². The molecule has 0 radical (unpaired) electrons. The number of halogens is 1. The normalized spacial score (nSPS) is 11.0. The lowest BCUT2D eigenvalue weighted by Gasteiger charge is -2.09. The first-order valence-electron chi connectivity index (χ1n) is 8.78. The van der Waals surface area contributed by atoms with Crippen LogP contribution in [0, 0.1) is 13.8 Å². The molecule has 2 aromatic carbocycles. The highest BCUT2D eigenvalue weighted by molar-refractivity contribution is 9.10. The maximum absolute atomic E-state index is 12.3. The highest BCUT2D eigenvalue weighted by Crippen LogP contribution is 2.33. The Morgan fingerprint density at radius 3 is 2.78 bits per heavy atom. The van der Waals surface area contributed by atoms with Gasteiger partial charge in [0.15, 0.2) is 0 Å². The number of rotatable bonds is 6. The van der Waals surface area contributed by atoms with Crippen molar-refractivity contribution >= 4 is 32.9 Å². The summed E-state index contributed by atoms with van der Waals surface area (Å²) >= 11 is 3.58. The number of hydrogen-bond acceptors (Lipinski definition) is 4. The van der Waals surface area contributed by atoms with E-state index in [1.165, 1.54) is 5.56 Å². The number of nitrogens with zero attached hydrogens (tertiary/aromatic N) is 1. The van der Waals surface area contributed by atoms with Gasteiger partial charge in [0.25, 0.3) is 5.91 Å². The van der Waals surface area contributed by atoms with E-state index in [2.05, 4.69) is 40.1 Å². The van der Waals surface area contributed by atoms with E-state index in [0.29, 0.717) is 30.2 Å². The Balaban J connectivity index is 1.98. The zero-order valence-electron chi connectivity index (χ0n) is 15.6. The summed E-state index contributed by atoms with van der Waals surface area (Å²) in [5, 5.41) is 2.85. The Kier molecular flexibility index (Phi) is 5.82. The molecule has 0 saturated carbocycles. The number of aryl methyl sites for hydroxylation is 1. The second kappa shape index (κ2) is 8.10. The molecule has 0 unspecified atom stereocenters. The van der Waals surface area contributed by atoms with Crippen molar-refractivity contribution in [2.45, 2.75) is 20.3 Å². The van der Waals surface area contributed by atoms with Gasteiger partial charge in [-0.2, -0.15) is 0 Å². The SMILES string of the molecule is COc1cc(C(=O)NCCCN)ccc1-c1nc2cc(Br)c(C)c(C)c2[nH]1. The van der Waals surface area contributed by atoms with Crippen LogP contribution in [0.25, 0.3) is 22.4 Å². The molecule has 0 bridgehead atoms. The van der Waals surface area contributed by atoms with Crippen LogP contribution in [0.4, 0.5) is 0 Å². The Bertz CT molecular complexity index is 997. The van der Waals surface area contributed by atoms with Gasteiger partial charge in [-0.15, -0.1) is 0 Å². The summed E-state index contributed by atoms with van der Waals surface area (Å²) in [7, 11) is 1.59. The number of fused-ring (bicyclic) bond motifs is 1. The Hall–Kier alpha value is -2.38. The van der Waals surface area contributed by atoms with Crippen LogP contribution < -0.4 is 15.8 Å². The van der Waals surface area contributed by atoms with Crippen LogP contribution in [0.2, 0.25) is 0 Å². The predicted molar refractivity (Wildman–Crippen MR) is 111 cm³/mol. The van der Waals surface area contributed by atoms with E-state index in [9.17, 15) is 4.79 Å². The van der Waals surface area contributed by atoms with Gasteiger partial charge >= 0.3 is 0 Å². The summed E-state index contributed by atoms with van der Waals surface area (Å²) in [4.78, 5) is 20.4. The summed E-state index contributed by atoms with van der Waals surface area (Å²) in [6, 6.07) is 7.36. The fraction of sp³-hybridized carbons (Fsp3) is 0.300. The molecule has 1 amide bonds. The maximum Gasteiger partial charge on any atom is 0.251 e. The van der Waals surface area contributed by atoms with E-state index in [1.807, 2.05) is 12.1 Å². The molecule has 6 nitrogen and oxygen atoms in total. The molecular weight excluding hydrogens is 408 g/mol. The van der Waals surface area contributed by atoms with E-state index in [-0.39, 0.29) is 5.91 Å². The Labute approximate surface area is 166 Å². The quantitative estimate of drug-likeness (QED) is 0.519. The average Bonchev–Trinajstić information content (AvgIpc) is 3.09. The highest BCUT2D eigenvalue weighted by Gasteiger charge is 2.16. The van der Waals surface area contributed by atoms with Crippen molar-refractivity contribution in [3.05, 3.63) is 45.4 Å². The van der Waals surface area contributed by atoms with Crippen molar-refractivity contribution in [2.24, 2.45) is 5.73 Å². The van der Waals surface area contributed by atoms with Gasteiger partial charge in [0.1, 0.15) is 11.6 Å². The third-order valence-corrected chi connectivity index (χ3v) is 5.50. The predicted octanol–water partition coefficient (Wildman–Crippen LogP) is 3.70. The number of H-pyrrole nitrogens is 1. The molecule has 1 aromatic heterocycles. The monoisotopic (exact) mass is 430 g/mol. The number of methoxy groups -OCH3 is 1. The van der Waals surface area contributed by atoms with Gasteiger partial charge in [0.05, 0.1) is 23.7 Å². The number of nitrogens with two attached hydrogens (primary N) is 1.